The molecule has 1 heterocycles. The average Bonchev–Trinajstić information content (AvgIpc) is 2.94. The molecule has 0 atom stereocenters. The van der Waals surface area contributed by atoms with Gasteiger partial charge in [-0.2, -0.15) is 13.2 Å². The van der Waals surface area contributed by atoms with E-state index in [1.54, 1.807) is 18.2 Å². The lowest BCUT2D eigenvalue weighted by atomic mass is 10.1. The van der Waals surface area contributed by atoms with Gasteiger partial charge in [0.1, 0.15) is 11.5 Å². The molecule has 0 aliphatic rings. The van der Waals surface area contributed by atoms with Crippen molar-refractivity contribution in [1.82, 2.24) is 5.32 Å². The number of benzene rings is 1. The zero-order valence-corrected chi connectivity index (χ0v) is 12.4. The number of aliphatic hydroxyl groups excluding tert-OH is 1. The van der Waals surface area contributed by atoms with Gasteiger partial charge >= 0.3 is 6.18 Å². The van der Waals surface area contributed by atoms with E-state index in [0.29, 0.717) is 23.6 Å². The second kappa shape index (κ2) is 6.14. The summed E-state index contributed by atoms with van der Waals surface area (Å²) in [7, 11) is 0. The summed E-state index contributed by atoms with van der Waals surface area (Å²) in [4.78, 5) is 0. The number of aliphatic hydroxyl groups is 1. The van der Waals surface area contributed by atoms with E-state index in [2.05, 4.69) is 5.32 Å². The second-order valence-corrected chi connectivity index (χ2v) is 5.74. The monoisotopic (exact) mass is 313 g/mol. The van der Waals surface area contributed by atoms with Gasteiger partial charge in [-0.05, 0) is 38.1 Å². The Labute approximate surface area is 126 Å². The van der Waals surface area contributed by atoms with E-state index in [0.717, 1.165) is 12.1 Å². The fourth-order valence-electron chi connectivity index (χ4n) is 1.86. The highest BCUT2D eigenvalue weighted by Crippen LogP contribution is 2.32. The third-order valence-electron chi connectivity index (χ3n) is 3.27. The van der Waals surface area contributed by atoms with Crippen LogP contribution in [0.25, 0.3) is 11.3 Å². The normalized spacial score (nSPS) is 12.6. The fourth-order valence-corrected chi connectivity index (χ4v) is 1.86. The standard InChI is InChI=1S/C16H18F3NO2/c1-15(2,10-21)20-9-13-6-7-14(22-13)11-4-3-5-12(8-11)16(17,18)19/h3-8,20-21H,9-10H2,1-2H3. The van der Waals surface area contributed by atoms with Crippen molar-refractivity contribution in [3.8, 4) is 11.3 Å². The first-order chi connectivity index (χ1) is 10.2. The van der Waals surface area contributed by atoms with Crippen LogP contribution in [-0.2, 0) is 12.7 Å². The smallest absolute Gasteiger partial charge is 0.416 e. The van der Waals surface area contributed by atoms with Crippen molar-refractivity contribution in [3.63, 3.8) is 0 Å². The lowest BCUT2D eigenvalue weighted by Crippen LogP contribution is -2.41. The zero-order valence-electron chi connectivity index (χ0n) is 12.4. The number of nitrogens with one attached hydrogen (secondary N) is 1. The predicted molar refractivity (Wildman–Crippen MR) is 77.2 cm³/mol. The number of halogens is 3. The van der Waals surface area contributed by atoms with E-state index in [9.17, 15) is 13.2 Å². The van der Waals surface area contributed by atoms with Crippen LogP contribution in [-0.4, -0.2) is 17.3 Å². The van der Waals surface area contributed by atoms with Crippen molar-refractivity contribution >= 4 is 0 Å². The quantitative estimate of drug-likeness (QED) is 0.882. The van der Waals surface area contributed by atoms with Gasteiger partial charge in [0.05, 0.1) is 18.7 Å². The Kier molecular flexibility index (Phi) is 4.63. The van der Waals surface area contributed by atoms with Crippen LogP contribution in [0.15, 0.2) is 40.8 Å². The van der Waals surface area contributed by atoms with E-state index in [-0.39, 0.29) is 6.61 Å². The van der Waals surface area contributed by atoms with Gasteiger partial charge in [0, 0.05) is 11.1 Å². The maximum atomic E-state index is 12.7. The van der Waals surface area contributed by atoms with E-state index in [1.807, 2.05) is 13.8 Å². The van der Waals surface area contributed by atoms with Gasteiger partial charge in [-0.1, -0.05) is 12.1 Å². The maximum Gasteiger partial charge on any atom is 0.416 e. The highest BCUT2D eigenvalue weighted by atomic mass is 19.4. The summed E-state index contributed by atoms with van der Waals surface area (Å²) in [5.74, 6) is 0.971. The summed E-state index contributed by atoms with van der Waals surface area (Å²) in [6, 6.07) is 8.36. The van der Waals surface area contributed by atoms with Gasteiger partial charge in [0.25, 0.3) is 0 Å². The van der Waals surface area contributed by atoms with Gasteiger partial charge in [-0.3, -0.25) is 0 Å². The highest BCUT2D eigenvalue weighted by molar-refractivity contribution is 5.58. The summed E-state index contributed by atoms with van der Waals surface area (Å²) < 4.78 is 43.7. The van der Waals surface area contributed by atoms with Gasteiger partial charge in [0.2, 0.25) is 0 Å². The molecule has 0 saturated heterocycles. The molecule has 22 heavy (non-hydrogen) atoms. The molecular formula is C16H18F3NO2. The first-order valence-corrected chi connectivity index (χ1v) is 6.83. The van der Waals surface area contributed by atoms with Crippen LogP contribution in [0.3, 0.4) is 0 Å². The summed E-state index contributed by atoms with van der Waals surface area (Å²) in [5.41, 5.74) is -0.784. The first kappa shape index (κ1) is 16.6. The zero-order chi connectivity index (χ0) is 16.4. The molecule has 0 aliphatic carbocycles. The minimum absolute atomic E-state index is 0.0335. The van der Waals surface area contributed by atoms with Crippen LogP contribution in [0.4, 0.5) is 13.2 Å². The van der Waals surface area contributed by atoms with Crippen LogP contribution in [0.5, 0.6) is 0 Å². The van der Waals surface area contributed by atoms with Gasteiger partial charge in [-0.15, -0.1) is 0 Å². The van der Waals surface area contributed by atoms with Crippen LogP contribution >= 0.6 is 0 Å². The minimum Gasteiger partial charge on any atom is -0.460 e. The molecule has 120 valence electrons. The second-order valence-electron chi connectivity index (χ2n) is 5.74. The van der Waals surface area contributed by atoms with Crippen LogP contribution in [0.2, 0.25) is 0 Å². The van der Waals surface area contributed by atoms with E-state index in [4.69, 9.17) is 9.52 Å². The average molecular weight is 313 g/mol. The molecule has 3 nitrogen and oxygen atoms in total. The van der Waals surface area contributed by atoms with E-state index >= 15 is 0 Å². The summed E-state index contributed by atoms with van der Waals surface area (Å²) in [6.45, 7) is 4.02. The maximum absolute atomic E-state index is 12.7. The van der Waals surface area contributed by atoms with Gasteiger partial charge in [0.15, 0.2) is 0 Å². The van der Waals surface area contributed by atoms with Crippen molar-refractivity contribution in [2.75, 3.05) is 6.61 Å². The van der Waals surface area contributed by atoms with Crippen molar-refractivity contribution in [3.05, 3.63) is 47.7 Å². The minimum atomic E-state index is -4.38. The van der Waals surface area contributed by atoms with E-state index in [1.165, 1.54) is 6.07 Å². The number of hydrogen-bond donors (Lipinski definition) is 2. The summed E-state index contributed by atoms with van der Waals surface area (Å²) >= 11 is 0. The number of furan rings is 1. The van der Waals surface area contributed by atoms with Crippen LogP contribution < -0.4 is 5.32 Å². The van der Waals surface area contributed by atoms with Crippen molar-refractivity contribution < 1.29 is 22.7 Å². The molecule has 1 aromatic carbocycles. The SMILES string of the molecule is CC(C)(CO)NCc1ccc(-c2cccc(C(F)(F)F)c2)o1. The molecule has 0 aliphatic heterocycles. The predicted octanol–water partition coefficient (Wildman–Crippen LogP) is 3.83. The van der Waals surface area contributed by atoms with Crippen molar-refractivity contribution in [2.24, 2.45) is 0 Å². The Balaban J connectivity index is 2.15. The van der Waals surface area contributed by atoms with Crippen LogP contribution in [0.1, 0.15) is 25.2 Å². The Morgan fingerprint density at radius 1 is 1.14 bits per heavy atom. The first-order valence-electron chi connectivity index (χ1n) is 6.83. The number of rotatable bonds is 5. The Hall–Kier alpha value is -1.79. The molecule has 2 N–H and O–H groups in total. The highest BCUT2D eigenvalue weighted by Gasteiger charge is 2.30. The molecule has 2 rings (SSSR count). The Bertz CT molecular complexity index is 632. The molecule has 0 spiro atoms. The molecule has 2 aromatic rings. The molecule has 0 radical (unpaired) electrons. The van der Waals surface area contributed by atoms with E-state index < -0.39 is 17.3 Å². The van der Waals surface area contributed by atoms with Gasteiger partial charge < -0.3 is 14.8 Å². The molecule has 0 unspecified atom stereocenters. The molecule has 0 fully saturated rings. The topological polar surface area (TPSA) is 45.4 Å². The molecule has 0 amide bonds. The number of hydrogen-bond acceptors (Lipinski definition) is 3. The van der Waals surface area contributed by atoms with Crippen molar-refractivity contribution in [1.29, 1.82) is 0 Å². The lowest BCUT2D eigenvalue weighted by molar-refractivity contribution is -0.137. The number of alkyl halides is 3. The van der Waals surface area contributed by atoms with Gasteiger partial charge in [-0.25, -0.2) is 0 Å². The molecule has 0 saturated carbocycles. The summed E-state index contributed by atoms with van der Waals surface area (Å²) in [6.07, 6.45) is -4.38. The van der Waals surface area contributed by atoms with Crippen LogP contribution in [0, 0.1) is 0 Å². The Morgan fingerprint density at radius 2 is 1.86 bits per heavy atom. The third-order valence-corrected chi connectivity index (χ3v) is 3.27. The molecule has 1 aromatic heterocycles. The summed E-state index contributed by atoms with van der Waals surface area (Å²) in [5, 5.41) is 12.3. The van der Waals surface area contributed by atoms with Crippen molar-refractivity contribution in [2.45, 2.75) is 32.1 Å². The third kappa shape index (κ3) is 4.11. The largest absolute Gasteiger partial charge is 0.460 e. The molecule has 0 bridgehead atoms. The Morgan fingerprint density at radius 3 is 2.50 bits per heavy atom. The lowest BCUT2D eigenvalue weighted by Gasteiger charge is -2.22. The molecule has 6 heteroatoms. The fraction of sp³-hybridized carbons (Fsp3) is 0.375. The molecular weight excluding hydrogens is 295 g/mol.